The van der Waals surface area contributed by atoms with Gasteiger partial charge in [0.05, 0.1) is 0 Å². The summed E-state index contributed by atoms with van der Waals surface area (Å²) >= 11 is 0. The van der Waals surface area contributed by atoms with Gasteiger partial charge >= 0.3 is 0 Å². The molecule has 0 unspecified atom stereocenters. The number of amides is 1. The molecule has 2 bridgehead atoms. The van der Waals surface area contributed by atoms with Crippen LogP contribution >= 0.6 is 0 Å². The van der Waals surface area contributed by atoms with Crippen molar-refractivity contribution in [2.24, 2.45) is 17.3 Å². The number of aromatic nitrogens is 1. The molecule has 118 valence electrons. The molecule has 1 heterocycles. The first-order valence-corrected chi connectivity index (χ1v) is 8.42. The standard InChI is InChI=1S/C19H26N2O/c1-19(2)16-5-4-15(17(19)13-16)9-12-21-18(22)6-3-14-7-10-20-11-8-14/h4,7-8,10-11,16-17H,3,5-6,9,12-13H2,1-2H3,(H,21,22)/t16-,17-/m0/s1. The van der Waals surface area contributed by atoms with Crippen LogP contribution in [0.15, 0.2) is 36.2 Å². The van der Waals surface area contributed by atoms with E-state index in [4.69, 9.17) is 0 Å². The molecular weight excluding hydrogens is 272 g/mol. The van der Waals surface area contributed by atoms with Crippen LogP contribution < -0.4 is 5.32 Å². The third-order valence-corrected chi connectivity index (χ3v) is 5.71. The number of aryl methyl sites for hydroxylation is 1. The lowest BCUT2D eigenvalue weighted by molar-refractivity contribution is -0.121. The highest BCUT2D eigenvalue weighted by atomic mass is 16.1. The second-order valence-corrected chi connectivity index (χ2v) is 7.28. The number of hydrogen-bond donors (Lipinski definition) is 1. The topological polar surface area (TPSA) is 42.0 Å². The van der Waals surface area contributed by atoms with E-state index < -0.39 is 0 Å². The predicted molar refractivity (Wildman–Crippen MR) is 88.3 cm³/mol. The molecule has 3 heteroatoms. The minimum absolute atomic E-state index is 0.152. The highest BCUT2D eigenvalue weighted by Crippen LogP contribution is 2.59. The van der Waals surface area contributed by atoms with Crippen molar-refractivity contribution in [2.45, 2.75) is 46.0 Å². The van der Waals surface area contributed by atoms with Gasteiger partial charge in [-0.3, -0.25) is 9.78 Å². The smallest absolute Gasteiger partial charge is 0.220 e. The molecule has 3 aliphatic carbocycles. The van der Waals surface area contributed by atoms with E-state index in [2.05, 4.69) is 30.2 Å². The third-order valence-electron chi connectivity index (χ3n) is 5.71. The minimum Gasteiger partial charge on any atom is -0.356 e. The van der Waals surface area contributed by atoms with Crippen molar-refractivity contribution in [1.29, 1.82) is 0 Å². The van der Waals surface area contributed by atoms with Gasteiger partial charge in [-0.2, -0.15) is 0 Å². The van der Waals surface area contributed by atoms with Gasteiger partial charge in [0, 0.05) is 25.4 Å². The van der Waals surface area contributed by atoms with Crippen molar-refractivity contribution in [1.82, 2.24) is 10.3 Å². The van der Waals surface area contributed by atoms with Gasteiger partial charge < -0.3 is 5.32 Å². The number of allylic oxidation sites excluding steroid dienone is 1. The van der Waals surface area contributed by atoms with E-state index in [1.165, 1.54) is 18.4 Å². The maximum absolute atomic E-state index is 11.9. The van der Waals surface area contributed by atoms with Crippen molar-refractivity contribution in [3.8, 4) is 0 Å². The molecule has 4 rings (SSSR count). The van der Waals surface area contributed by atoms with Crippen LogP contribution in [-0.4, -0.2) is 17.4 Å². The van der Waals surface area contributed by atoms with Gasteiger partial charge in [-0.05, 0) is 60.6 Å². The number of pyridine rings is 1. The van der Waals surface area contributed by atoms with Crippen molar-refractivity contribution < 1.29 is 4.79 Å². The third kappa shape index (κ3) is 3.08. The molecule has 1 aromatic rings. The van der Waals surface area contributed by atoms with Gasteiger partial charge in [0.15, 0.2) is 0 Å². The number of fused-ring (bicyclic) bond motifs is 1. The van der Waals surface area contributed by atoms with Crippen LogP contribution in [-0.2, 0) is 11.2 Å². The van der Waals surface area contributed by atoms with Crippen LogP contribution in [0.4, 0.5) is 0 Å². The summed E-state index contributed by atoms with van der Waals surface area (Å²) < 4.78 is 0. The van der Waals surface area contributed by atoms with E-state index in [1.807, 2.05) is 12.1 Å². The highest BCUT2D eigenvalue weighted by Gasteiger charge is 2.50. The Hall–Kier alpha value is -1.64. The Balaban J connectivity index is 1.38. The number of carbonyl (C=O) groups excluding carboxylic acids is 1. The number of nitrogens with one attached hydrogen (secondary N) is 1. The summed E-state index contributed by atoms with van der Waals surface area (Å²) in [5, 5.41) is 3.07. The Bertz CT molecular complexity index is 562. The minimum atomic E-state index is 0.152. The largest absolute Gasteiger partial charge is 0.356 e. The lowest BCUT2D eigenvalue weighted by Crippen LogP contribution is -2.48. The van der Waals surface area contributed by atoms with Gasteiger partial charge in [-0.25, -0.2) is 0 Å². The van der Waals surface area contributed by atoms with Crippen LogP contribution in [0.3, 0.4) is 0 Å². The van der Waals surface area contributed by atoms with E-state index in [1.54, 1.807) is 18.0 Å². The summed E-state index contributed by atoms with van der Waals surface area (Å²) in [6.45, 7) is 5.57. The summed E-state index contributed by atoms with van der Waals surface area (Å²) in [7, 11) is 0. The molecule has 0 aliphatic heterocycles. The molecule has 1 N–H and O–H groups in total. The normalized spacial score (nSPS) is 25.1. The van der Waals surface area contributed by atoms with Crippen molar-refractivity contribution in [3.05, 3.63) is 41.7 Å². The van der Waals surface area contributed by atoms with E-state index >= 15 is 0 Å². The van der Waals surface area contributed by atoms with Crippen LogP contribution in [0.2, 0.25) is 0 Å². The van der Waals surface area contributed by atoms with Gasteiger partial charge in [0.2, 0.25) is 5.91 Å². The first-order chi connectivity index (χ1) is 10.6. The Kier molecular flexibility index (Phi) is 4.32. The van der Waals surface area contributed by atoms with Crippen molar-refractivity contribution >= 4 is 5.91 Å². The molecule has 0 radical (unpaired) electrons. The van der Waals surface area contributed by atoms with Crippen LogP contribution in [0, 0.1) is 17.3 Å². The SMILES string of the molecule is CC1(C)[C@H]2CC=C(CCNC(=O)CCc3ccncc3)[C@@H]1C2. The Morgan fingerprint density at radius 2 is 2.09 bits per heavy atom. The molecule has 1 aromatic heterocycles. The maximum Gasteiger partial charge on any atom is 0.220 e. The summed E-state index contributed by atoms with van der Waals surface area (Å²) in [6, 6.07) is 3.93. The number of carbonyl (C=O) groups is 1. The van der Waals surface area contributed by atoms with Gasteiger partial charge in [0.25, 0.3) is 0 Å². The molecular formula is C19H26N2O. The molecule has 2 atom stereocenters. The number of rotatable bonds is 6. The van der Waals surface area contributed by atoms with E-state index in [0.717, 1.165) is 31.2 Å². The van der Waals surface area contributed by atoms with Crippen LogP contribution in [0.5, 0.6) is 0 Å². The fraction of sp³-hybridized carbons (Fsp3) is 0.579. The Morgan fingerprint density at radius 3 is 2.77 bits per heavy atom. The summed E-state index contributed by atoms with van der Waals surface area (Å²) in [5.74, 6) is 1.79. The van der Waals surface area contributed by atoms with Crippen LogP contribution in [0.1, 0.15) is 45.1 Å². The van der Waals surface area contributed by atoms with Crippen molar-refractivity contribution in [3.63, 3.8) is 0 Å². The maximum atomic E-state index is 11.9. The lowest BCUT2D eigenvalue weighted by atomic mass is 9.48. The zero-order chi connectivity index (χ0) is 15.6. The average Bonchev–Trinajstić information content (AvgIpc) is 2.54. The fourth-order valence-electron chi connectivity index (χ4n) is 4.00. The fourth-order valence-corrected chi connectivity index (χ4v) is 4.00. The Labute approximate surface area is 133 Å². The molecule has 0 spiro atoms. The molecule has 1 saturated carbocycles. The van der Waals surface area contributed by atoms with Crippen LogP contribution in [0.25, 0.3) is 0 Å². The molecule has 3 aliphatic rings. The quantitative estimate of drug-likeness (QED) is 0.817. The average molecular weight is 298 g/mol. The monoisotopic (exact) mass is 298 g/mol. The molecule has 1 fully saturated rings. The van der Waals surface area contributed by atoms with E-state index in [-0.39, 0.29) is 5.91 Å². The second kappa shape index (κ2) is 6.23. The zero-order valence-corrected chi connectivity index (χ0v) is 13.6. The van der Waals surface area contributed by atoms with Gasteiger partial charge in [0.1, 0.15) is 0 Å². The van der Waals surface area contributed by atoms with E-state index in [0.29, 0.717) is 11.8 Å². The summed E-state index contributed by atoms with van der Waals surface area (Å²) in [4.78, 5) is 15.9. The first-order valence-electron chi connectivity index (χ1n) is 8.42. The summed E-state index contributed by atoms with van der Waals surface area (Å²) in [6.07, 6.45) is 10.9. The van der Waals surface area contributed by atoms with E-state index in [9.17, 15) is 4.79 Å². The zero-order valence-electron chi connectivity index (χ0n) is 13.6. The molecule has 1 amide bonds. The highest BCUT2D eigenvalue weighted by molar-refractivity contribution is 5.76. The van der Waals surface area contributed by atoms with Gasteiger partial charge in [-0.1, -0.05) is 25.5 Å². The molecule has 0 saturated heterocycles. The number of hydrogen-bond acceptors (Lipinski definition) is 2. The van der Waals surface area contributed by atoms with Crippen molar-refractivity contribution in [2.75, 3.05) is 6.54 Å². The predicted octanol–water partition coefficient (Wildman–Crippen LogP) is 3.51. The first kappa shape index (κ1) is 15.3. The number of nitrogens with zero attached hydrogens (tertiary/aromatic N) is 1. The molecule has 22 heavy (non-hydrogen) atoms. The van der Waals surface area contributed by atoms with Gasteiger partial charge in [-0.15, -0.1) is 0 Å². The Morgan fingerprint density at radius 1 is 1.32 bits per heavy atom. The summed E-state index contributed by atoms with van der Waals surface area (Å²) in [5.41, 5.74) is 3.22. The molecule has 0 aromatic carbocycles. The molecule has 3 nitrogen and oxygen atoms in total. The second-order valence-electron chi connectivity index (χ2n) is 7.28. The lowest BCUT2D eigenvalue weighted by Gasteiger charge is -2.56.